The maximum absolute atomic E-state index is 12.9. The Labute approximate surface area is 141 Å². The zero-order chi connectivity index (χ0) is 17.5. The smallest absolute Gasteiger partial charge is 0.334 e. The van der Waals surface area contributed by atoms with E-state index in [0.717, 1.165) is 36.7 Å². The van der Waals surface area contributed by atoms with Gasteiger partial charge in [0.2, 0.25) is 0 Å². The van der Waals surface area contributed by atoms with E-state index in [1.54, 1.807) is 11.8 Å². The second kappa shape index (κ2) is 6.33. The van der Waals surface area contributed by atoms with E-state index in [0.29, 0.717) is 28.9 Å². The molecule has 2 aromatic heterocycles. The summed E-state index contributed by atoms with van der Waals surface area (Å²) in [5, 5.41) is 0.595. The summed E-state index contributed by atoms with van der Waals surface area (Å²) in [6.45, 7) is 2.78. The number of pyridine rings is 1. The molecular weight excluding hydrogens is 339 g/mol. The summed E-state index contributed by atoms with van der Waals surface area (Å²) in [6, 6.07) is 2.35. The number of nitrogens with zero attached hydrogens (tertiary/aromatic N) is 2. The first-order chi connectivity index (χ1) is 11.3. The molecule has 0 radical (unpaired) electrons. The summed E-state index contributed by atoms with van der Waals surface area (Å²) in [7, 11) is 0. The highest BCUT2D eigenvalue weighted by molar-refractivity contribution is 7.20. The van der Waals surface area contributed by atoms with Crippen LogP contribution in [0.4, 0.5) is 13.2 Å². The molecule has 0 saturated carbocycles. The van der Waals surface area contributed by atoms with Gasteiger partial charge in [-0.3, -0.25) is 4.79 Å². The van der Waals surface area contributed by atoms with Crippen LogP contribution in [0.25, 0.3) is 10.2 Å². The normalized spacial score (nSPS) is 19.0. The van der Waals surface area contributed by atoms with E-state index in [9.17, 15) is 18.0 Å². The summed E-state index contributed by atoms with van der Waals surface area (Å²) >= 11 is 1.03. The molecule has 1 unspecified atom stereocenters. The highest BCUT2D eigenvalue weighted by Gasteiger charge is 2.34. The summed E-state index contributed by atoms with van der Waals surface area (Å²) in [5.74, 6) is -0.154. The van der Waals surface area contributed by atoms with Crippen LogP contribution in [-0.4, -0.2) is 34.9 Å². The molecule has 3 heterocycles. The van der Waals surface area contributed by atoms with Crippen LogP contribution in [0.5, 0.6) is 0 Å². The van der Waals surface area contributed by atoms with Gasteiger partial charge in [0, 0.05) is 24.5 Å². The highest BCUT2D eigenvalue weighted by atomic mass is 32.1. The standard InChI is InChI=1S/C16H18F3N3OS/c1-9-11-5-6-12(16(17,18)19)21-14(11)24-13(9)15(23)22-7-3-2-4-10(22)8-20/h5-6,10H,2-4,7-8,20H2,1H3. The Balaban J connectivity index is 2.00. The molecular formula is C16H18F3N3OS. The van der Waals surface area contributed by atoms with Crippen molar-refractivity contribution in [2.75, 3.05) is 13.1 Å². The van der Waals surface area contributed by atoms with E-state index in [1.165, 1.54) is 6.07 Å². The molecule has 0 aromatic carbocycles. The Bertz CT molecular complexity index is 772. The van der Waals surface area contributed by atoms with Gasteiger partial charge in [0.1, 0.15) is 10.5 Å². The van der Waals surface area contributed by atoms with Crippen molar-refractivity contribution in [3.63, 3.8) is 0 Å². The molecule has 1 atom stereocenters. The SMILES string of the molecule is Cc1c(C(=O)N2CCCCC2CN)sc2nc(C(F)(F)F)ccc12. The molecule has 2 N–H and O–H groups in total. The van der Waals surface area contributed by atoms with Crippen LogP contribution in [0.1, 0.15) is 40.2 Å². The van der Waals surface area contributed by atoms with Gasteiger partial charge in [0.05, 0.1) is 4.88 Å². The molecule has 1 fully saturated rings. The molecule has 0 spiro atoms. The number of carbonyl (C=O) groups excluding carboxylic acids is 1. The maximum atomic E-state index is 12.9. The molecule has 8 heteroatoms. The third-order valence-corrected chi connectivity index (χ3v) is 5.64. The quantitative estimate of drug-likeness (QED) is 0.894. The Morgan fingerprint density at radius 3 is 2.83 bits per heavy atom. The van der Waals surface area contributed by atoms with Crippen molar-refractivity contribution >= 4 is 27.5 Å². The molecule has 3 rings (SSSR count). The van der Waals surface area contributed by atoms with Gasteiger partial charge in [-0.15, -0.1) is 11.3 Å². The van der Waals surface area contributed by atoms with Crippen molar-refractivity contribution in [2.45, 2.75) is 38.4 Å². The number of fused-ring (bicyclic) bond motifs is 1. The highest BCUT2D eigenvalue weighted by Crippen LogP contribution is 2.35. The van der Waals surface area contributed by atoms with E-state index in [1.807, 2.05) is 0 Å². The fourth-order valence-electron chi connectivity index (χ4n) is 3.10. The van der Waals surface area contributed by atoms with Crippen molar-refractivity contribution in [2.24, 2.45) is 5.73 Å². The number of hydrogen-bond acceptors (Lipinski definition) is 4. The number of aryl methyl sites for hydroxylation is 1. The van der Waals surface area contributed by atoms with Crippen molar-refractivity contribution in [1.29, 1.82) is 0 Å². The molecule has 130 valence electrons. The number of carbonyl (C=O) groups is 1. The van der Waals surface area contributed by atoms with Gasteiger partial charge < -0.3 is 10.6 Å². The lowest BCUT2D eigenvalue weighted by Gasteiger charge is -2.34. The van der Waals surface area contributed by atoms with Gasteiger partial charge in [-0.05, 0) is 43.9 Å². The number of halogens is 3. The molecule has 0 aliphatic carbocycles. The van der Waals surface area contributed by atoms with Crippen LogP contribution in [0.15, 0.2) is 12.1 Å². The van der Waals surface area contributed by atoms with Gasteiger partial charge in [-0.1, -0.05) is 0 Å². The van der Waals surface area contributed by atoms with Crippen LogP contribution < -0.4 is 5.73 Å². The first kappa shape index (κ1) is 17.2. The van der Waals surface area contributed by atoms with Crippen LogP contribution in [0, 0.1) is 6.92 Å². The van der Waals surface area contributed by atoms with Crippen LogP contribution >= 0.6 is 11.3 Å². The zero-order valence-electron chi connectivity index (χ0n) is 13.2. The van der Waals surface area contributed by atoms with E-state index in [-0.39, 0.29) is 16.8 Å². The topological polar surface area (TPSA) is 59.2 Å². The number of alkyl halides is 3. The van der Waals surface area contributed by atoms with Crippen LogP contribution in [0.3, 0.4) is 0 Å². The minimum Gasteiger partial charge on any atom is -0.334 e. The van der Waals surface area contributed by atoms with Gasteiger partial charge in [0.25, 0.3) is 5.91 Å². The average Bonchev–Trinajstić information content (AvgIpc) is 2.90. The van der Waals surface area contributed by atoms with Gasteiger partial charge in [-0.2, -0.15) is 13.2 Å². The van der Waals surface area contributed by atoms with E-state index >= 15 is 0 Å². The lowest BCUT2D eigenvalue weighted by molar-refractivity contribution is -0.140. The van der Waals surface area contributed by atoms with Crippen molar-refractivity contribution in [1.82, 2.24) is 9.88 Å². The summed E-state index contributed by atoms with van der Waals surface area (Å²) in [4.78, 5) is 19.0. The lowest BCUT2D eigenvalue weighted by Crippen LogP contribution is -2.47. The fourth-order valence-corrected chi connectivity index (χ4v) is 4.24. The van der Waals surface area contributed by atoms with E-state index in [2.05, 4.69) is 4.98 Å². The molecule has 0 bridgehead atoms. The Morgan fingerprint density at radius 2 is 2.17 bits per heavy atom. The largest absolute Gasteiger partial charge is 0.433 e. The lowest BCUT2D eigenvalue weighted by atomic mass is 10.0. The first-order valence-electron chi connectivity index (χ1n) is 7.81. The predicted molar refractivity (Wildman–Crippen MR) is 87.1 cm³/mol. The predicted octanol–water partition coefficient (Wildman–Crippen LogP) is 3.58. The number of nitrogens with two attached hydrogens (primary N) is 1. The second-order valence-electron chi connectivity index (χ2n) is 5.99. The van der Waals surface area contributed by atoms with E-state index in [4.69, 9.17) is 5.73 Å². The molecule has 1 aliphatic rings. The number of amides is 1. The molecule has 4 nitrogen and oxygen atoms in total. The molecule has 2 aromatic rings. The number of aromatic nitrogens is 1. The van der Waals surface area contributed by atoms with Crippen LogP contribution in [-0.2, 0) is 6.18 Å². The Kier molecular flexibility index (Phi) is 4.52. The first-order valence-corrected chi connectivity index (χ1v) is 8.63. The number of thiophene rings is 1. The maximum Gasteiger partial charge on any atom is 0.433 e. The number of likely N-dealkylation sites (tertiary alicyclic amines) is 1. The van der Waals surface area contributed by atoms with E-state index < -0.39 is 11.9 Å². The Morgan fingerprint density at radius 1 is 1.42 bits per heavy atom. The van der Waals surface area contributed by atoms with Gasteiger partial charge in [0.15, 0.2) is 0 Å². The van der Waals surface area contributed by atoms with Crippen molar-refractivity contribution < 1.29 is 18.0 Å². The third-order valence-electron chi connectivity index (χ3n) is 4.45. The zero-order valence-corrected chi connectivity index (χ0v) is 14.0. The Hall–Kier alpha value is -1.67. The fraction of sp³-hybridized carbons (Fsp3) is 0.500. The average molecular weight is 357 g/mol. The van der Waals surface area contributed by atoms with Gasteiger partial charge in [-0.25, -0.2) is 4.98 Å². The molecule has 1 saturated heterocycles. The number of hydrogen-bond donors (Lipinski definition) is 1. The number of rotatable bonds is 2. The molecule has 1 aliphatic heterocycles. The van der Waals surface area contributed by atoms with Crippen molar-refractivity contribution in [3.8, 4) is 0 Å². The monoisotopic (exact) mass is 357 g/mol. The second-order valence-corrected chi connectivity index (χ2v) is 6.99. The van der Waals surface area contributed by atoms with Gasteiger partial charge >= 0.3 is 6.18 Å². The third kappa shape index (κ3) is 3.00. The summed E-state index contributed by atoms with van der Waals surface area (Å²) < 4.78 is 38.5. The molecule has 24 heavy (non-hydrogen) atoms. The number of piperidine rings is 1. The molecule has 1 amide bonds. The summed E-state index contributed by atoms with van der Waals surface area (Å²) in [6.07, 6.45) is -1.67. The van der Waals surface area contributed by atoms with Crippen molar-refractivity contribution in [3.05, 3.63) is 28.3 Å². The summed E-state index contributed by atoms with van der Waals surface area (Å²) in [5.41, 5.74) is 5.51. The van der Waals surface area contributed by atoms with Crippen LogP contribution in [0.2, 0.25) is 0 Å². The minimum atomic E-state index is -4.49. The minimum absolute atomic E-state index is 0.00504.